The maximum Gasteiger partial charge on any atom is 0.225 e. The molecule has 1 atom stereocenters. The van der Waals surface area contributed by atoms with Crippen molar-refractivity contribution in [3.63, 3.8) is 0 Å². The summed E-state index contributed by atoms with van der Waals surface area (Å²) in [6.07, 6.45) is 2.30. The van der Waals surface area contributed by atoms with Crippen LogP contribution in [-0.2, 0) is 32.5 Å². The molecule has 0 radical (unpaired) electrons. The largest absolute Gasteiger partial charge is 0.351 e. The van der Waals surface area contributed by atoms with Crippen molar-refractivity contribution in [2.75, 3.05) is 12.3 Å². The third-order valence-corrected chi connectivity index (χ3v) is 5.68. The minimum absolute atomic E-state index is 0.0626. The maximum atomic E-state index is 12.3. The fraction of sp³-hybridized carbons (Fsp3) is 0.529. The normalized spacial score (nSPS) is 20.8. The lowest BCUT2D eigenvalue weighted by Crippen LogP contribution is -2.41. The van der Waals surface area contributed by atoms with Gasteiger partial charge in [-0.05, 0) is 30.4 Å². The van der Waals surface area contributed by atoms with Gasteiger partial charge in [-0.25, -0.2) is 13.6 Å². The Bertz CT molecular complexity index is 753. The smallest absolute Gasteiger partial charge is 0.225 e. The molecule has 3 rings (SSSR count). The van der Waals surface area contributed by atoms with E-state index in [4.69, 9.17) is 5.14 Å². The van der Waals surface area contributed by atoms with Gasteiger partial charge in [0.25, 0.3) is 0 Å². The Labute approximate surface area is 147 Å². The van der Waals surface area contributed by atoms with Crippen molar-refractivity contribution >= 4 is 21.8 Å². The van der Waals surface area contributed by atoms with Crippen molar-refractivity contribution in [2.24, 2.45) is 5.14 Å². The van der Waals surface area contributed by atoms with Gasteiger partial charge in [-0.3, -0.25) is 9.59 Å². The van der Waals surface area contributed by atoms with Crippen LogP contribution in [0, 0.1) is 0 Å². The van der Waals surface area contributed by atoms with Crippen LogP contribution in [0.15, 0.2) is 24.3 Å². The van der Waals surface area contributed by atoms with Gasteiger partial charge < -0.3 is 10.2 Å². The number of hydrogen-bond acceptors (Lipinski definition) is 4. The number of nitrogens with one attached hydrogen (secondary N) is 1. The second-order valence-corrected chi connectivity index (χ2v) is 8.55. The van der Waals surface area contributed by atoms with Gasteiger partial charge in [0.1, 0.15) is 0 Å². The number of benzene rings is 1. The Hall–Kier alpha value is -1.93. The first-order valence-electron chi connectivity index (χ1n) is 8.48. The molecule has 25 heavy (non-hydrogen) atoms. The van der Waals surface area contributed by atoms with E-state index in [1.807, 2.05) is 17.0 Å². The number of rotatable bonds is 6. The molecular formula is C17H23N3O4S. The fourth-order valence-corrected chi connectivity index (χ4v) is 4.22. The van der Waals surface area contributed by atoms with Crippen molar-refractivity contribution in [3.8, 4) is 0 Å². The number of fused-ring (bicyclic) bond motifs is 1. The lowest BCUT2D eigenvalue weighted by Gasteiger charge is -2.24. The van der Waals surface area contributed by atoms with E-state index in [0.29, 0.717) is 13.0 Å². The highest BCUT2D eigenvalue weighted by Crippen LogP contribution is 2.28. The van der Waals surface area contributed by atoms with Crippen LogP contribution in [0.25, 0.3) is 0 Å². The van der Waals surface area contributed by atoms with Crippen LogP contribution >= 0.6 is 0 Å². The Morgan fingerprint density at radius 3 is 2.44 bits per heavy atom. The van der Waals surface area contributed by atoms with Crippen LogP contribution in [0.4, 0.5) is 0 Å². The number of hydrogen-bond donors (Lipinski definition) is 2. The first-order valence-corrected chi connectivity index (χ1v) is 10.2. The quantitative estimate of drug-likeness (QED) is 0.736. The van der Waals surface area contributed by atoms with E-state index in [9.17, 15) is 18.0 Å². The Kier molecular flexibility index (Phi) is 5.10. The van der Waals surface area contributed by atoms with Gasteiger partial charge in [-0.15, -0.1) is 0 Å². The zero-order valence-corrected chi connectivity index (χ0v) is 14.8. The number of primary sulfonamides is 1. The van der Waals surface area contributed by atoms with Crippen molar-refractivity contribution in [3.05, 3.63) is 35.4 Å². The predicted molar refractivity (Wildman–Crippen MR) is 93.1 cm³/mol. The zero-order chi connectivity index (χ0) is 18.0. The number of carbonyl (C=O) groups excluding carboxylic acids is 2. The van der Waals surface area contributed by atoms with Crippen molar-refractivity contribution < 1.29 is 18.0 Å². The predicted octanol–water partition coefficient (Wildman–Crippen LogP) is -0.0604. The zero-order valence-electron chi connectivity index (χ0n) is 14.0. The molecule has 0 bridgehead atoms. The number of likely N-dealkylation sites (tertiary alicyclic amines) is 1. The first kappa shape index (κ1) is 17.9. The Morgan fingerprint density at radius 1 is 1.20 bits per heavy atom. The summed E-state index contributed by atoms with van der Waals surface area (Å²) in [6, 6.07) is 8.17. The van der Waals surface area contributed by atoms with Crippen LogP contribution < -0.4 is 10.5 Å². The Balaban J connectivity index is 1.49. The van der Waals surface area contributed by atoms with Gasteiger partial charge in [0.15, 0.2) is 0 Å². The molecular weight excluding hydrogens is 342 g/mol. The summed E-state index contributed by atoms with van der Waals surface area (Å²) in [5, 5.41) is 7.75. The van der Waals surface area contributed by atoms with E-state index < -0.39 is 10.0 Å². The van der Waals surface area contributed by atoms with E-state index in [2.05, 4.69) is 17.4 Å². The van der Waals surface area contributed by atoms with E-state index in [1.54, 1.807) is 0 Å². The molecule has 1 aliphatic carbocycles. The van der Waals surface area contributed by atoms with Crippen molar-refractivity contribution in [1.29, 1.82) is 0 Å². The third-order valence-electron chi connectivity index (χ3n) is 4.83. The average Bonchev–Trinajstić information content (AvgIpc) is 3.08. The van der Waals surface area contributed by atoms with Crippen LogP contribution in [0.3, 0.4) is 0 Å². The van der Waals surface area contributed by atoms with Crippen LogP contribution in [-0.4, -0.2) is 49.5 Å². The summed E-state index contributed by atoms with van der Waals surface area (Å²) in [7, 11) is -3.54. The molecule has 1 saturated heterocycles. The third kappa shape index (κ3) is 4.58. The van der Waals surface area contributed by atoms with E-state index >= 15 is 0 Å². The van der Waals surface area contributed by atoms with Crippen molar-refractivity contribution in [1.82, 2.24) is 10.2 Å². The number of carbonyl (C=O) groups is 2. The van der Waals surface area contributed by atoms with E-state index in [0.717, 1.165) is 12.8 Å². The molecule has 1 aromatic rings. The summed E-state index contributed by atoms with van der Waals surface area (Å²) in [4.78, 5) is 26.1. The fourth-order valence-electron chi connectivity index (χ4n) is 3.67. The van der Waals surface area contributed by atoms with Gasteiger partial charge in [0, 0.05) is 25.4 Å². The molecule has 0 spiro atoms. The summed E-state index contributed by atoms with van der Waals surface area (Å²) < 4.78 is 21.8. The minimum atomic E-state index is -3.54. The second kappa shape index (κ2) is 7.13. The first-order chi connectivity index (χ1) is 11.8. The molecule has 3 N–H and O–H groups in total. The topological polar surface area (TPSA) is 110 Å². The highest BCUT2D eigenvalue weighted by molar-refractivity contribution is 7.89. The lowest BCUT2D eigenvalue weighted by molar-refractivity contribution is -0.129. The molecule has 1 fully saturated rings. The SMILES string of the molecule is NS(=O)(=O)CCCC(=O)NC1CC(=O)N(C2Cc3ccccc3C2)C1. The number of amides is 2. The summed E-state index contributed by atoms with van der Waals surface area (Å²) in [5.41, 5.74) is 2.58. The van der Waals surface area contributed by atoms with E-state index in [1.165, 1.54) is 11.1 Å². The maximum absolute atomic E-state index is 12.3. The highest BCUT2D eigenvalue weighted by Gasteiger charge is 2.37. The van der Waals surface area contributed by atoms with Gasteiger partial charge in [0.05, 0.1) is 11.8 Å². The Morgan fingerprint density at radius 2 is 1.84 bits per heavy atom. The molecule has 8 heteroatoms. The van der Waals surface area contributed by atoms with Crippen LogP contribution in [0.5, 0.6) is 0 Å². The van der Waals surface area contributed by atoms with Gasteiger partial charge >= 0.3 is 0 Å². The monoisotopic (exact) mass is 365 g/mol. The van der Waals surface area contributed by atoms with Crippen molar-refractivity contribution in [2.45, 2.75) is 44.2 Å². The molecule has 0 aromatic heterocycles. The molecule has 2 aliphatic rings. The molecule has 1 aliphatic heterocycles. The second-order valence-electron chi connectivity index (χ2n) is 6.82. The molecule has 1 unspecified atom stereocenters. The molecule has 1 aromatic carbocycles. The summed E-state index contributed by atoms with van der Waals surface area (Å²) in [6.45, 7) is 0.512. The number of nitrogens with zero attached hydrogens (tertiary/aromatic N) is 1. The molecule has 136 valence electrons. The summed E-state index contributed by atoms with van der Waals surface area (Å²) >= 11 is 0. The minimum Gasteiger partial charge on any atom is -0.351 e. The van der Waals surface area contributed by atoms with Gasteiger partial charge in [0.2, 0.25) is 21.8 Å². The molecule has 1 heterocycles. The van der Waals surface area contributed by atoms with Crippen LogP contribution in [0.1, 0.15) is 30.4 Å². The molecule has 0 saturated carbocycles. The summed E-state index contributed by atoms with van der Waals surface area (Å²) in [5.74, 6) is -0.387. The van der Waals surface area contributed by atoms with E-state index in [-0.39, 0.29) is 42.5 Å². The molecule has 2 amide bonds. The van der Waals surface area contributed by atoms with Gasteiger partial charge in [-0.1, -0.05) is 24.3 Å². The molecule has 7 nitrogen and oxygen atoms in total. The van der Waals surface area contributed by atoms with Gasteiger partial charge in [-0.2, -0.15) is 0 Å². The van der Waals surface area contributed by atoms with Crippen LogP contribution in [0.2, 0.25) is 0 Å². The highest BCUT2D eigenvalue weighted by atomic mass is 32.2. The standard InChI is InChI=1S/C17H23N3O4S/c18-25(23,24)7-3-6-16(21)19-14-10-17(22)20(11-14)15-8-12-4-1-2-5-13(12)9-15/h1-2,4-5,14-15H,3,6-11H2,(H,19,21)(H2,18,23,24). The average molecular weight is 365 g/mol. The number of nitrogens with two attached hydrogens (primary N) is 1. The lowest BCUT2D eigenvalue weighted by atomic mass is 10.1. The number of sulfonamides is 1.